The largest absolute Gasteiger partial charge is 0.272 e. The minimum atomic E-state index is -3.56. The molecule has 0 aromatic heterocycles. The SMILES string of the molecule is O=[N+]([O-])c1cccc2c1C[C@H](CS(=O)(=O)Cl)C2. The van der Waals surface area contributed by atoms with Crippen molar-refractivity contribution in [3.63, 3.8) is 0 Å². The molecule has 1 aliphatic carbocycles. The molecule has 0 N–H and O–H groups in total. The number of halogens is 1. The van der Waals surface area contributed by atoms with Crippen molar-refractivity contribution < 1.29 is 13.3 Å². The summed E-state index contributed by atoms with van der Waals surface area (Å²) < 4.78 is 22.0. The second kappa shape index (κ2) is 4.27. The summed E-state index contributed by atoms with van der Waals surface area (Å²) in [5.74, 6) is -0.297. The summed E-state index contributed by atoms with van der Waals surface area (Å²) in [6.07, 6.45) is 0.932. The standard InChI is InChI=1S/C10H10ClNO4S/c11-17(15,16)6-7-4-8-2-1-3-10(12(13)14)9(8)5-7/h1-3,7H,4-6H2/t7-/m1/s1. The first-order valence-corrected chi connectivity index (χ1v) is 7.52. The van der Waals surface area contributed by atoms with Crippen LogP contribution in [0.1, 0.15) is 11.1 Å². The molecule has 0 radical (unpaired) electrons. The maximum Gasteiger partial charge on any atom is 0.272 e. The summed E-state index contributed by atoms with van der Waals surface area (Å²) in [7, 11) is 1.64. The van der Waals surface area contributed by atoms with Gasteiger partial charge in [-0.3, -0.25) is 10.1 Å². The van der Waals surface area contributed by atoms with Gasteiger partial charge in [-0.15, -0.1) is 0 Å². The van der Waals surface area contributed by atoms with E-state index in [2.05, 4.69) is 0 Å². The zero-order valence-electron chi connectivity index (χ0n) is 8.80. The zero-order valence-corrected chi connectivity index (χ0v) is 10.4. The molecule has 0 amide bonds. The Hall–Kier alpha value is -1.14. The van der Waals surface area contributed by atoms with E-state index in [1.807, 2.05) is 0 Å². The van der Waals surface area contributed by atoms with Crippen LogP contribution in [0, 0.1) is 16.0 Å². The topological polar surface area (TPSA) is 77.3 Å². The number of fused-ring (bicyclic) bond motifs is 1. The highest BCUT2D eigenvalue weighted by molar-refractivity contribution is 8.13. The fourth-order valence-corrected chi connectivity index (χ4v) is 3.62. The fourth-order valence-electron chi connectivity index (χ4n) is 2.29. The number of nitro benzene ring substituents is 1. The molecule has 0 spiro atoms. The Kier molecular flexibility index (Phi) is 3.09. The molecule has 1 aliphatic rings. The van der Waals surface area contributed by atoms with Crippen molar-refractivity contribution in [2.24, 2.45) is 5.92 Å². The summed E-state index contributed by atoms with van der Waals surface area (Å²) in [5.41, 5.74) is 1.56. The third-order valence-corrected chi connectivity index (χ3v) is 4.13. The number of hydrogen-bond acceptors (Lipinski definition) is 4. The Morgan fingerprint density at radius 3 is 2.71 bits per heavy atom. The number of hydrogen-bond donors (Lipinski definition) is 0. The molecule has 0 fully saturated rings. The van der Waals surface area contributed by atoms with Crippen LogP contribution in [-0.4, -0.2) is 19.1 Å². The minimum absolute atomic E-state index is 0.0666. The highest BCUT2D eigenvalue weighted by Gasteiger charge is 2.30. The predicted octanol–water partition coefficient (Wildman–Crippen LogP) is 1.88. The molecule has 7 heteroatoms. The predicted molar refractivity (Wildman–Crippen MR) is 63.6 cm³/mol. The first-order valence-electron chi connectivity index (χ1n) is 5.04. The van der Waals surface area contributed by atoms with Gasteiger partial charge >= 0.3 is 0 Å². The average Bonchev–Trinajstić information content (AvgIpc) is 2.55. The van der Waals surface area contributed by atoms with Gasteiger partial charge in [0.15, 0.2) is 0 Å². The third kappa shape index (κ3) is 2.76. The molecule has 0 saturated carbocycles. The van der Waals surface area contributed by atoms with Gasteiger partial charge in [-0.1, -0.05) is 12.1 Å². The monoisotopic (exact) mass is 275 g/mol. The van der Waals surface area contributed by atoms with Gasteiger partial charge in [-0.05, 0) is 24.3 Å². The molecule has 0 saturated heterocycles. The van der Waals surface area contributed by atoms with E-state index < -0.39 is 14.0 Å². The highest BCUT2D eigenvalue weighted by atomic mass is 35.7. The number of nitro groups is 1. The van der Waals surface area contributed by atoms with Gasteiger partial charge in [0.05, 0.1) is 10.7 Å². The smallest absolute Gasteiger partial charge is 0.258 e. The van der Waals surface area contributed by atoms with Gasteiger partial charge in [-0.2, -0.15) is 0 Å². The molecular weight excluding hydrogens is 266 g/mol. The molecule has 1 atom stereocenters. The van der Waals surface area contributed by atoms with Crippen LogP contribution in [0.2, 0.25) is 0 Å². The van der Waals surface area contributed by atoms with Crippen LogP contribution in [0.4, 0.5) is 5.69 Å². The Bertz CT molecular complexity index is 570. The fraction of sp³-hybridized carbons (Fsp3) is 0.400. The Labute approximate surface area is 103 Å². The number of benzene rings is 1. The highest BCUT2D eigenvalue weighted by Crippen LogP contribution is 2.34. The lowest BCUT2D eigenvalue weighted by Gasteiger charge is -2.04. The van der Waals surface area contributed by atoms with Crippen LogP contribution in [-0.2, 0) is 21.9 Å². The van der Waals surface area contributed by atoms with E-state index in [0.29, 0.717) is 18.4 Å². The molecule has 0 aliphatic heterocycles. The van der Waals surface area contributed by atoms with Crippen molar-refractivity contribution in [2.75, 3.05) is 5.75 Å². The van der Waals surface area contributed by atoms with E-state index in [9.17, 15) is 18.5 Å². The van der Waals surface area contributed by atoms with Crippen molar-refractivity contribution >= 4 is 25.4 Å². The third-order valence-electron chi connectivity index (χ3n) is 2.88. The van der Waals surface area contributed by atoms with Gasteiger partial charge in [0.25, 0.3) is 5.69 Å². The normalized spacial score (nSPS) is 19.0. The van der Waals surface area contributed by atoms with E-state index in [-0.39, 0.29) is 17.4 Å². The summed E-state index contributed by atoms with van der Waals surface area (Å²) in [5, 5.41) is 10.8. The summed E-state index contributed by atoms with van der Waals surface area (Å²) >= 11 is 0. The average molecular weight is 276 g/mol. The van der Waals surface area contributed by atoms with Crippen molar-refractivity contribution in [1.82, 2.24) is 0 Å². The van der Waals surface area contributed by atoms with Gasteiger partial charge in [0.1, 0.15) is 0 Å². The van der Waals surface area contributed by atoms with Crippen molar-refractivity contribution in [2.45, 2.75) is 12.8 Å². The van der Waals surface area contributed by atoms with Crippen LogP contribution in [0.5, 0.6) is 0 Å². The first kappa shape index (κ1) is 12.3. The van der Waals surface area contributed by atoms with Gasteiger partial charge in [0.2, 0.25) is 9.05 Å². The van der Waals surface area contributed by atoms with Crippen LogP contribution >= 0.6 is 10.7 Å². The van der Waals surface area contributed by atoms with Gasteiger partial charge in [-0.25, -0.2) is 8.42 Å². The van der Waals surface area contributed by atoms with E-state index in [1.54, 1.807) is 12.1 Å². The van der Waals surface area contributed by atoms with Crippen LogP contribution in [0.3, 0.4) is 0 Å². The molecule has 0 heterocycles. The van der Waals surface area contributed by atoms with E-state index >= 15 is 0 Å². The second-order valence-electron chi connectivity index (χ2n) is 4.15. The van der Waals surface area contributed by atoms with E-state index in [0.717, 1.165) is 5.56 Å². The lowest BCUT2D eigenvalue weighted by molar-refractivity contribution is -0.385. The number of rotatable bonds is 3. The molecule has 92 valence electrons. The molecule has 5 nitrogen and oxygen atoms in total. The quantitative estimate of drug-likeness (QED) is 0.479. The van der Waals surface area contributed by atoms with Crippen molar-refractivity contribution in [1.29, 1.82) is 0 Å². The maximum absolute atomic E-state index is 11.0. The Morgan fingerprint density at radius 1 is 1.41 bits per heavy atom. The second-order valence-corrected chi connectivity index (χ2v) is 6.97. The lowest BCUT2D eigenvalue weighted by atomic mass is 10.1. The summed E-state index contributed by atoms with van der Waals surface area (Å²) in [4.78, 5) is 10.4. The summed E-state index contributed by atoms with van der Waals surface area (Å²) in [6.45, 7) is 0. The Balaban J connectivity index is 2.28. The van der Waals surface area contributed by atoms with Crippen molar-refractivity contribution in [3.8, 4) is 0 Å². The Morgan fingerprint density at radius 2 is 2.12 bits per heavy atom. The molecule has 17 heavy (non-hydrogen) atoms. The molecule has 0 bridgehead atoms. The molecule has 2 rings (SSSR count). The number of nitrogens with zero attached hydrogens (tertiary/aromatic N) is 1. The molecular formula is C10H10ClNO4S. The molecule has 1 aromatic rings. The summed E-state index contributed by atoms with van der Waals surface area (Å²) in [6, 6.07) is 4.86. The lowest BCUT2D eigenvalue weighted by Crippen LogP contribution is -2.11. The van der Waals surface area contributed by atoms with Crippen molar-refractivity contribution in [3.05, 3.63) is 39.4 Å². The molecule has 0 unspecified atom stereocenters. The minimum Gasteiger partial charge on any atom is -0.258 e. The van der Waals surface area contributed by atoms with Gasteiger partial charge < -0.3 is 0 Å². The van der Waals surface area contributed by atoms with Crippen LogP contribution < -0.4 is 0 Å². The first-order chi connectivity index (χ1) is 7.87. The van der Waals surface area contributed by atoms with Gasteiger partial charge in [0, 0.05) is 22.3 Å². The van der Waals surface area contributed by atoms with E-state index in [1.165, 1.54) is 6.07 Å². The molecule has 1 aromatic carbocycles. The van der Waals surface area contributed by atoms with Crippen LogP contribution in [0.25, 0.3) is 0 Å². The zero-order chi connectivity index (χ0) is 12.6. The maximum atomic E-state index is 11.0. The van der Waals surface area contributed by atoms with Crippen LogP contribution in [0.15, 0.2) is 18.2 Å². The van der Waals surface area contributed by atoms with E-state index in [4.69, 9.17) is 10.7 Å².